The molecule has 0 aliphatic heterocycles. The third-order valence-electron chi connectivity index (χ3n) is 5.67. The Morgan fingerprint density at radius 2 is 1.77 bits per heavy atom. The van der Waals surface area contributed by atoms with Gasteiger partial charge in [-0.3, -0.25) is 13.9 Å². The zero-order chi connectivity index (χ0) is 26.2. The molecule has 0 aliphatic carbocycles. The third-order valence-corrected chi connectivity index (χ3v) is 7.40. The number of likely N-dealkylation sites (N-methyl/N-ethyl adjacent to an activating group) is 1. The van der Waals surface area contributed by atoms with Crippen LogP contribution >= 0.6 is 23.2 Å². The molecule has 7 nitrogen and oxygen atoms in total. The molecule has 0 saturated carbocycles. The number of hydrogen-bond donors (Lipinski definition) is 1. The highest BCUT2D eigenvalue weighted by molar-refractivity contribution is 7.92. The second-order valence-corrected chi connectivity index (χ2v) is 11.1. The standard InChI is InChI=1S/C25H33Cl2N3O4S/c1-5-22(25(32)28-6-2)29(17-19-11-8-7-10-18(19)3)24(31)12-9-15-30(35(4,33)34)23-16-20(26)13-14-21(23)27/h7-8,10-11,13-14,16,22H,5-6,9,12,15,17H2,1-4H3,(H,28,32). The Labute approximate surface area is 218 Å². The minimum absolute atomic E-state index is 0.0424. The molecule has 2 rings (SSSR count). The Bertz CT molecular complexity index is 1140. The number of aryl methyl sites for hydroxylation is 1. The molecule has 0 fully saturated rings. The fraction of sp³-hybridized carbons (Fsp3) is 0.440. The summed E-state index contributed by atoms with van der Waals surface area (Å²) in [5.41, 5.74) is 2.24. The summed E-state index contributed by atoms with van der Waals surface area (Å²) in [6.45, 7) is 6.45. The molecule has 0 heterocycles. The van der Waals surface area contributed by atoms with Crippen molar-refractivity contribution in [3.8, 4) is 0 Å². The van der Waals surface area contributed by atoms with Crippen LogP contribution in [-0.2, 0) is 26.2 Å². The molecule has 2 aromatic carbocycles. The summed E-state index contributed by atoms with van der Waals surface area (Å²) in [5.74, 6) is -0.433. The first kappa shape index (κ1) is 28.9. The molecule has 192 valence electrons. The lowest BCUT2D eigenvalue weighted by Crippen LogP contribution is -2.49. The minimum Gasteiger partial charge on any atom is -0.355 e. The maximum Gasteiger partial charge on any atom is 0.242 e. The molecule has 10 heteroatoms. The van der Waals surface area contributed by atoms with Crippen LogP contribution in [0.4, 0.5) is 5.69 Å². The van der Waals surface area contributed by atoms with Gasteiger partial charge in [0.25, 0.3) is 0 Å². The number of carbonyl (C=O) groups is 2. The molecular formula is C25H33Cl2N3O4S. The van der Waals surface area contributed by atoms with E-state index in [-0.39, 0.29) is 48.5 Å². The van der Waals surface area contributed by atoms with Crippen LogP contribution < -0.4 is 9.62 Å². The van der Waals surface area contributed by atoms with Crippen molar-refractivity contribution in [1.29, 1.82) is 0 Å². The molecule has 0 saturated heterocycles. The van der Waals surface area contributed by atoms with Crippen molar-refractivity contribution in [1.82, 2.24) is 10.2 Å². The van der Waals surface area contributed by atoms with Gasteiger partial charge >= 0.3 is 0 Å². The number of hydrogen-bond acceptors (Lipinski definition) is 4. The van der Waals surface area contributed by atoms with Crippen molar-refractivity contribution in [2.45, 2.75) is 52.6 Å². The smallest absolute Gasteiger partial charge is 0.242 e. The molecule has 35 heavy (non-hydrogen) atoms. The molecule has 0 spiro atoms. The van der Waals surface area contributed by atoms with E-state index in [1.54, 1.807) is 11.0 Å². The van der Waals surface area contributed by atoms with Crippen LogP contribution in [0.1, 0.15) is 44.2 Å². The van der Waals surface area contributed by atoms with E-state index < -0.39 is 16.1 Å². The topological polar surface area (TPSA) is 86.8 Å². The number of nitrogens with zero attached hydrogens (tertiary/aromatic N) is 2. The highest BCUT2D eigenvalue weighted by atomic mass is 35.5. The van der Waals surface area contributed by atoms with E-state index in [0.29, 0.717) is 18.0 Å². The molecule has 1 unspecified atom stereocenters. The summed E-state index contributed by atoms with van der Waals surface area (Å²) in [6, 6.07) is 11.7. The van der Waals surface area contributed by atoms with Gasteiger partial charge in [-0.05, 0) is 56.0 Å². The number of amides is 2. The Morgan fingerprint density at radius 1 is 1.09 bits per heavy atom. The summed E-state index contributed by atoms with van der Waals surface area (Å²) in [6.07, 6.45) is 1.84. The van der Waals surface area contributed by atoms with Crippen LogP contribution in [-0.4, -0.2) is 50.5 Å². The Morgan fingerprint density at radius 3 is 2.37 bits per heavy atom. The number of rotatable bonds is 12. The molecule has 0 aromatic heterocycles. The SMILES string of the molecule is CCNC(=O)C(CC)N(Cc1ccccc1C)C(=O)CCCN(c1cc(Cl)ccc1Cl)S(C)(=O)=O. The van der Waals surface area contributed by atoms with E-state index in [2.05, 4.69) is 5.32 Å². The lowest BCUT2D eigenvalue weighted by atomic mass is 10.1. The second-order valence-electron chi connectivity index (χ2n) is 8.30. The summed E-state index contributed by atoms with van der Waals surface area (Å²) in [5, 5.41) is 3.41. The summed E-state index contributed by atoms with van der Waals surface area (Å²) >= 11 is 12.3. The monoisotopic (exact) mass is 541 g/mol. The third kappa shape index (κ3) is 8.12. The zero-order valence-corrected chi connectivity index (χ0v) is 22.9. The number of anilines is 1. The van der Waals surface area contributed by atoms with Gasteiger partial charge < -0.3 is 10.2 Å². The highest BCUT2D eigenvalue weighted by Crippen LogP contribution is 2.31. The van der Waals surface area contributed by atoms with E-state index in [4.69, 9.17) is 23.2 Å². The predicted molar refractivity (Wildman–Crippen MR) is 142 cm³/mol. The predicted octanol–water partition coefficient (Wildman–Crippen LogP) is 4.79. The van der Waals surface area contributed by atoms with Gasteiger partial charge in [0, 0.05) is 31.1 Å². The lowest BCUT2D eigenvalue weighted by molar-refractivity contribution is -0.141. The van der Waals surface area contributed by atoms with Gasteiger partial charge in [-0.1, -0.05) is 54.4 Å². The molecule has 0 aliphatic rings. The van der Waals surface area contributed by atoms with E-state index in [1.807, 2.05) is 45.0 Å². The van der Waals surface area contributed by atoms with Gasteiger partial charge in [0.15, 0.2) is 0 Å². The molecule has 0 radical (unpaired) electrons. The van der Waals surface area contributed by atoms with Crippen LogP contribution in [0.15, 0.2) is 42.5 Å². The van der Waals surface area contributed by atoms with E-state index in [1.165, 1.54) is 12.1 Å². The van der Waals surface area contributed by atoms with Crippen molar-refractivity contribution < 1.29 is 18.0 Å². The number of nitrogens with one attached hydrogen (secondary N) is 1. The van der Waals surface area contributed by atoms with E-state index in [9.17, 15) is 18.0 Å². The first-order valence-corrected chi connectivity index (χ1v) is 14.1. The molecular weight excluding hydrogens is 509 g/mol. The number of carbonyl (C=O) groups excluding carboxylic acids is 2. The first-order chi connectivity index (χ1) is 16.5. The van der Waals surface area contributed by atoms with Crippen molar-refractivity contribution in [3.63, 3.8) is 0 Å². The first-order valence-electron chi connectivity index (χ1n) is 11.5. The maximum atomic E-state index is 13.4. The average molecular weight is 543 g/mol. The fourth-order valence-corrected chi connectivity index (χ4v) is 5.25. The Hall–Kier alpha value is -2.29. The Kier molecular flexibility index (Phi) is 10.9. The largest absolute Gasteiger partial charge is 0.355 e. The van der Waals surface area contributed by atoms with Gasteiger partial charge in [-0.25, -0.2) is 8.42 Å². The van der Waals surface area contributed by atoms with Crippen LogP contribution in [0.25, 0.3) is 0 Å². The van der Waals surface area contributed by atoms with Crippen LogP contribution in [0.5, 0.6) is 0 Å². The summed E-state index contributed by atoms with van der Waals surface area (Å²) in [4.78, 5) is 27.7. The minimum atomic E-state index is -3.67. The quantitative estimate of drug-likeness (QED) is 0.418. The summed E-state index contributed by atoms with van der Waals surface area (Å²) < 4.78 is 26.1. The molecule has 1 N–H and O–H groups in total. The molecule has 2 aromatic rings. The zero-order valence-electron chi connectivity index (χ0n) is 20.6. The van der Waals surface area contributed by atoms with Crippen molar-refractivity contribution >= 4 is 50.7 Å². The van der Waals surface area contributed by atoms with Gasteiger partial charge in [-0.2, -0.15) is 0 Å². The van der Waals surface area contributed by atoms with Gasteiger partial charge in [0.05, 0.1) is 17.0 Å². The van der Waals surface area contributed by atoms with Gasteiger partial charge in [0.1, 0.15) is 6.04 Å². The van der Waals surface area contributed by atoms with E-state index >= 15 is 0 Å². The number of sulfonamides is 1. The van der Waals surface area contributed by atoms with Crippen molar-refractivity contribution in [2.24, 2.45) is 0 Å². The normalized spacial score (nSPS) is 12.2. The Balaban J connectivity index is 2.25. The van der Waals surface area contributed by atoms with Gasteiger partial charge in [-0.15, -0.1) is 0 Å². The maximum absolute atomic E-state index is 13.4. The van der Waals surface area contributed by atoms with Gasteiger partial charge in [0.2, 0.25) is 21.8 Å². The summed E-state index contributed by atoms with van der Waals surface area (Å²) in [7, 11) is -3.67. The average Bonchev–Trinajstić information content (AvgIpc) is 2.79. The van der Waals surface area contributed by atoms with Crippen LogP contribution in [0.3, 0.4) is 0 Å². The second kappa shape index (κ2) is 13.1. The van der Waals surface area contributed by atoms with Crippen LogP contribution in [0.2, 0.25) is 10.0 Å². The van der Waals surface area contributed by atoms with Crippen molar-refractivity contribution in [2.75, 3.05) is 23.7 Å². The molecule has 0 bridgehead atoms. The van der Waals surface area contributed by atoms with Crippen molar-refractivity contribution in [3.05, 3.63) is 63.6 Å². The van der Waals surface area contributed by atoms with Crippen LogP contribution in [0, 0.1) is 6.92 Å². The lowest BCUT2D eigenvalue weighted by Gasteiger charge is -2.31. The number of halogens is 2. The molecule has 1 atom stereocenters. The fourth-order valence-electron chi connectivity index (χ4n) is 3.84. The number of benzene rings is 2. The van der Waals surface area contributed by atoms with E-state index in [0.717, 1.165) is 21.7 Å². The molecule has 2 amide bonds. The highest BCUT2D eigenvalue weighted by Gasteiger charge is 2.29.